The standard InChI is InChI=1S/C19H20ClN3O4S2/c1-27-18(24)16-12-6-4-2-3-5-7-15(12)29-17(16)22-19(28)21-14-9-8-11(23(25)26)10-13(14)20/h8-10H,2-7H2,1H3,(H2,21,22,28). The van der Waals surface area contributed by atoms with Crippen molar-refractivity contribution in [2.24, 2.45) is 0 Å². The van der Waals surface area contributed by atoms with Gasteiger partial charge >= 0.3 is 5.97 Å². The van der Waals surface area contributed by atoms with Gasteiger partial charge in [-0.2, -0.15) is 0 Å². The number of nitrogens with one attached hydrogen (secondary N) is 2. The van der Waals surface area contributed by atoms with Crippen molar-refractivity contribution in [3.8, 4) is 0 Å². The maximum atomic E-state index is 12.5. The van der Waals surface area contributed by atoms with Crippen molar-refractivity contribution in [3.63, 3.8) is 0 Å². The largest absolute Gasteiger partial charge is 0.465 e. The van der Waals surface area contributed by atoms with Crippen molar-refractivity contribution in [2.75, 3.05) is 17.7 Å². The fourth-order valence-corrected chi connectivity index (χ4v) is 5.08. The van der Waals surface area contributed by atoms with Gasteiger partial charge in [-0.15, -0.1) is 11.3 Å². The van der Waals surface area contributed by atoms with E-state index in [1.165, 1.54) is 47.9 Å². The first-order valence-corrected chi connectivity index (χ1v) is 10.8. The van der Waals surface area contributed by atoms with E-state index in [0.29, 0.717) is 16.3 Å². The maximum Gasteiger partial charge on any atom is 0.341 e. The van der Waals surface area contributed by atoms with E-state index in [1.807, 2.05) is 0 Å². The zero-order valence-electron chi connectivity index (χ0n) is 15.7. The molecule has 0 saturated heterocycles. The predicted octanol–water partition coefficient (Wildman–Crippen LogP) is 5.56. The summed E-state index contributed by atoms with van der Waals surface area (Å²) in [7, 11) is 1.37. The highest BCUT2D eigenvalue weighted by atomic mass is 35.5. The number of hydrogen-bond acceptors (Lipinski definition) is 6. The molecular formula is C19H20ClN3O4S2. The van der Waals surface area contributed by atoms with Crippen molar-refractivity contribution in [3.05, 3.63) is 49.3 Å². The minimum absolute atomic E-state index is 0.106. The number of fused-ring (bicyclic) bond motifs is 1. The van der Waals surface area contributed by atoms with Crippen LogP contribution < -0.4 is 10.6 Å². The molecule has 0 aliphatic heterocycles. The summed E-state index contributed by atoms with van der Waals surface area (Å²) in [6.07, 6.45) is 6.23. The summed E-state index contributed by atoms with van der Waals surface area (Å²) in [5.41, 5.74) is 1.91. The number of thiophene rings is 1. The number of ether oxygens (including phenoxy) is 1. The summed E-state index contributed by atoms with van der Waals surface area (Å²) >= 11 is 13.0. The van der Waals surface area contributed by atoms with Gasteiger partial charge in [0.2, 0.25) is 0 Å². The zero-order valence-corrected chi connectivity index (χ0v) is 18.1. The Labute approximate surface area is 182 Å². The summed E-state index contributed by atoms with van der Waals surface area (Å²) in [6, 6.07) is 4.08. The molecule has 154 valence electrons. The third-order valence-electron chi connectivity index (χ3n) is 4.70. The number of carbonyl (C=O) groups excluding carboxylic acids is 1. The Balaban J connectivity index is 1.83. The number of nitro groups is 1. The molecule has 1 aliphatic rings. The number of rotatable bonds is 4. The number of nitro benzene ring substituents is 1. The SMILES string of the molecule is COC(=O)c1c(NC(=S)Nc2ccc([N+](=O)[O-])cc2Cl)sc2c1CCCCCC2. The van der Waals surface area contributed by atoms with E-state index in [2.05, 4.69) is 10.6 Å². The van der Waals surface area contributed by atoms with Gasteiger partial charge in [-0.1, -0.05) is 24.4 Å². The van der Waals surface area contributed by atoms with Gasteiger partial charge in [0.05, 0.1) is 28.3 Å². The lowest BCUT2D eigenvalue weighted by molar-refractivity contribution is -0.384. The molecule has 0 unspecified atom stereocenters. The van der Waals surface area contributed by atoms with E-state index in [-0.39, 0.29) is 21.8 Å². The number of non-ortho nitro benzene ring substituents is 1. The Hall–Kier alpha value is -2.23. The molecule has 2 aromatic rings. The molecule has 1 heterocycles. The van der Waals surface area contributed by atoms with Gasteiger partial charge in [0.15, 0.2) is 5.11 Å². The third kappa shape index (κ3) is 5.04. The Morgan fingerprint density at radius 3 is 2.62 bits per heavy atom. The van der Waals surface area contributed by atoms with Gasteiger partial charge < -0.3 is 15.4 Å². The summed E-state index contributed by atoms with van der Waals surface area (Å²) < 4.78 is 5.01. The molecule has 1 aromatic heterocycles. The van der Waals surface area contributed by atoms with Crippen molar-refractivity contribution >= 4 is 62.6 Å². The molecule has 0 atom stereocenters. The molecule has 0 fully saturated rings. The molecule has 0 amide bonds. The molecule has 0 saturated carbocycles. The van der Waals surface area contributed by atoms with E-state index in [0.717, 1.165) is 37.7 Å². The van der Waals surface area contributed by atoms with E-state index < -0.39 is 4.92 Å². The van der Waals surface area contributed by atoms with Crippen LogP contribution in [0, 0.1) is 10.1 Å². The second-order valence-electron chi connectivity index (χ2n) is 6.61. The van der Waals surface area contributed by atoms with Crippen molar-refractivity contribution < 1.29 is 14.5 Å². The van der Waals surface area contributed by atoms with Crippen LogP contribution in [0.2, 0.25) is 5.02 Å². The van der Waals surface area contributed by atoms with Crippen LogP contribution in [0.15, 0.2) is 18.2 Å². The van der Waals surface area contributed by atoms with Gasteiger partial charge in [-0.05, 0) is 49.5 Å². The molecule has 0 spiro atoms. The quantitative estimate of drug-likeness (QED) is 0.270. The summed E-state index contributed by atoms with van der Waals surface area (Å²) in [4.78, 5) is 24.0. The van der Waals surface area contributed by atoms with E-state index >= 15 is 0 Å². The first-order chi connectivity index (χ1) is 13.9. The fraction of sp³-hybridized carbons (Fsp3) is 0.368. The number of hydrogen-bond donors (Lipinski definition) is 2. The first kappa shape index (κ1) is 21.5. The van der Waals surface area contributed by atoms with Gasteiger partial charge in [0, 0.05) is 17.0 Å². The summed E-state index contributed by atoms with van der Waals surface area (Å²) in [5, 5.41) is 17.9. The normalized spacial score (nSPS) is 13.6. The number of esters is 1. The lowest BCUT2D eigenvalue weighted by Crippen LogP contribution is -2.20. The van der Waals surface area contributed by atoms with E-state index in [1.54, 1.807) is 0 Å². The molecular weight excluding hydrogens is 434 g/mol. The van der Waals surface area contributed by atoms with Crippen LogP contribution in [-0.4, -0.2) is 23.1 Å². The summed E-state index contributed by atoms with van der Waals surface area (Å²) in [6.45, 7) is 0. The average molecular weight is 454 g/mol. The Morgan fingerprint density at radius 1 is 1.24 bits per heavy atom. The smallest absolute Gasteiger partial charge is 0.341 e. The Kier molecular flexibility index (Phi) is 7.05. The maximum absolute atomic E-state index is 12.5. The van der Waals surface area contributed by atoms with Crippen LogP contribution >= 0.6 is 35.2 Å². The van der Waals surface area contributed by atoms with Crippen LogP contribution in [0.1, 0.15) is 46.5 Å². The number of halogens is 1. The molecule has 7 nitrogen and oxygen atoms in total. The van der Waals surface area contributed by atoms with Crippen LogP contribution in [0.25, 0.3) is 0 Å². The van der Waals surface area contributed by atoms with Gasteiger partial charge in [-0.3, -0.25) is 10.1 Å². The number of thiocarbonyl (C=S) groups is 1. The minimum atomic E-state index is -0.518. The number of anilines is 2. The number of benzene rings is 1. The second kappa shape index (κ2) is 9.51. The Morgan fingerprint density at radius 2 is 1.97 bits per heavy atom. The fourth-order valence-electron chi connectivity index (χ4n) is 3.30. The molecule has 1 aliphatic carbocycles. The predicted molar refractivity (Wildman–Crippen MR) is 119 cm³/mol. The van der Waals surface area contributed by atoms with E-state index in [4.69, 9.17) is 28.6 Å². The minimum Gasteiger partial charge on any atom is -0.465 e. The van der Waals surface area contributed by atoms with Crippen LogP contribution in [0.3, 0.4) is 0 Å². The number of nitrogens with zero attached hydrogens (tertiary/aromatic N) is 1. The average Bonchev–Trinajstić information content (AvgIpc) is 2.98. The van der Waals surface area contributed by atoms with Gasteiger partial charge in [0.1, 0.15) is 5.00 Å². The Bertz CT molecular complexity index is 961. The highest BCUT2D eigenvalue weighted by Gasteiger charge is 2.25. The number of methoxy groups -OCH3 is 1. The van der Waals surface area contributed by atoms with E-state index in [9.17, 15) is 14.9 Å². The van der Waals surface area contributed by atoms with Crippen molar-refractivity contribution in [1.82, 2.24) is 0 Å². The third-order valence-corrected chi connectivity index (χ3v) is 6.42. The summed E-state index contributed by atoms with van der Waals surface area (Å²) in [5.74, 6) is -0.387. The molecule has 1 aromatic carbocycles. The highest BCUT2D eigenvalue weighted by molar-refractivity contribution is 7.80. The molecule has 3 rings (SSSR count). The van der Waals surface area contributed by atoms with Gasteiger partial charge in [-0.25, -0.2) is 4.79 Å². The lowest BCUT2D eigenvalue weighted by Gasteiger charge is -2.12. The van der Waals surface area contributed by atoms with Crippen LogP contribution in [0.5, 0.6) is 0 Å². The number of aryl methyl sites for hydroxylation is 1. The van der Waals surface area contributed by atoms with Crippen molar-refractivity contribution in [1.29, 1.82) is 0 Å². The highest BCUT2D eigenvalue weighted by Crippen LogP contribution is 2.37. The monoisotopic (exact) mass is 453 g/mol. The van der Waals surface area contributed by atoms with Crippen LogP contribution in [0.4, 0.5) is 16.4 Å². The molecule has 29 heavy (non-hydrogen) atoms. The first-order valence-electron chi connectivity index (χ1n) is 9.15. The lowest BCUT2D eigenvalue weighted by atomic mass is 9.96. The van der Waals surface area contributed by atoms with Crippen LogP contribution in [-0.2, 0) is 17.6 Å². The molecule has 10 heteroatoms. The topological polar surface area (TPSA) is 93.5 Å². The molecule has 2 N–H and O–H groups in total. The van der Waals surface area contributed by atoms with Gasteiger partial charge in [0.25, 0.3) is 5.69 Å². The second-order valence-corrected chi connectivity index (χ2v) is 8.53. The molecule has 0 radical (unpaired) electrons. The zero-order chi connectivity index (χ0) is 21.0. The molecule has 0 bridgehead atoms. The number of carbonyl (C=O) groups is 1. The van der Waals surface area contributed by atoms with Crippen molar-refractivity contribution in [2.45, 2.75) is 38.5 Å².